The number of methoxy groups -OCH3 is 3. The molecule has 7 aromatic heterocycles. The van der Waals surface area contributed by atoms with E-state index >= 15 is 0 Å². The van der Waals surface area contributed by atoms with Crippen molar-refractivity contribution in [3.05, 3.63) is 334 Å². The van der Waals surface area contributed by atoms with Gasteiger partial charge in [-0.15, -0.1) is 20.4 Å². The van der Waals surface area contributed by atoms with Gasteiger partial charge in [0.2, 0.25) is 26.5 Å². The average molecular weight is 2100 g/mol. The molecule has 0 atom stereocenters. The van der Waals surface area contributed by atoms with Crippen LogP contribution in [0, 0.1) is 6.92 Å². The van der Waals surface area contributed by atoms with Crippen LogP contribution in [0.15, 0.2) is 304 Å². The molecule has 1 aliphatic carbocycles. The number of rotatable bonds is 33. The molecule has 7 heterocycles. The summed E-state index contributed by atoms with van der Waals surface area (Å²) >= 11 is 8.81. The Bertz CT molecular complexity index is 7030. The molecule has 1 saturated carbocycles. The molecule has 0 aliphatic heterocycles. The number of aliphatic carboxylic acids is 1. The van der Waals surface area contributed by atoms with Crippen molar-refractivity contribution in [2.24, 2.45) is 5.73 Å². The number of nitrogens with one attached hydrogen (secondary N) is 8. The maximum atomic E-state index is 10.8. The van der Waals surface area contributed by atoms with E-state index in [2.05, 4.69) is 227 Å². The lowest BCUT2D eigenvalue weighted by Gasteiger charge is -2.18. The van der Waals surface area contributed by atoms with E-state index in [1.54, 1.807) is 57.4 Å². The molecule has 146 heavy (non-hydrogen) atoms. The second kappa shape index (κ2) is 54.8. The van der Waals surface area contributed by atoms with Crippen LogP contribution in [0.1, 0.15) is 130 Å². The third-order valence-electron chi connectivity index (χ3n) is 21.4. The van der Waals surface area contributed by atoms with Gasteiger partial charge in [0.15, 0.2) is 40.8 Å². The van der Waals surface area contributed by atoms with Gasteiger partial charge in [0, 0.05) is 51.7 Å². The second-order valence-electron chi connectivity index (χ2n) is 34.2. The summed E-state index contributed by atoms with van der Waals surface area (Å²) in [6.07, 6.45) is 6.83. The number of nitrogens with zero attached hydrogens (tertiary/aromatic N) is 14. The molecule has 0 spiro atoms. The smallest absolute Gasteiger partial charge is 0.335 e. The normalized spacial score (nSPS) is 11.4. The Kier molecular flexibility index (Phi) is 40.5. The van der Waals surface area contributed by atoms with Crippen molar-refractivity contribution in [3.8, 4) is 108 Å². The molecular weight excluding hydrogens is 1990 g/mol. The van der Waals surface area contributed by atoms with E-state index in [9.17, 15) is 14.4 Å². The average Bonchev–Trinajstić information content (AvgIpc) is 1.65. The Morgan fingerprint density at radius 1 is 0.411 bits per heavy atom. The maximum absolute atomic E-state index is 10.8. The van der Waals surface area contributed by atoms with Crippen LogP contribution in [0.4, 0.5) is 5.69 Å². The summed E-state index contributed by atoms with van der Waals surface area (Å²) < 4.78 is 28.5. The molecule has 12 N–H and O–H groups in total. The Labute approximate surface area is 871 Å². The van der Waals surface area contributed by atoms with E-state index in [-0.39, 0.29) is 34.7 Å². The molecule has 1 aliphatic rings. The van der Waals surface area contributed by atoms with Gasteiger partial charge in [-0.3, -0.25) is 45.3 Å². The van der Waals surface area contributed by atoms with E-state index < -0.39 is 17.8 Å². The number of aryl methyl sites for hydroxylation is 1. The third-order valence-corrected chi connectivity index (χ3v) is 25.4. The number of hydrogen-bond acceptors (Lipinski definition) is 27. The Balaban J connectivity index is 0.000000143. The molecule has 18 aromatic rings. The summed E-state index contributed by atoms with van der Waals surface area (Å²) in [6.45, 7) is 16.4. The zero-order chi connectivity index (χ0) is 103. The Morgan fingerprint density at radius 2 is 0.801 bits per heavy atom. The van der Waals surface area contributed by atoms with Gasteiger partial charge < -0.3 is 44.9 Å². The molecule has 33 nitrogen and oxygen atoms in total. The van der Waals surface area contributed by atoms with Gasteiger partial charge in [-0.25, -0.2) is 39.7 Å². The molecule has 1 fully saturated rings. The van der Waals surface area contributed by atoms with Gasteiger partial charge in [0.25, 0.3) is 0 Å². The first-order chi connectivity index (χ1) is 70.8. The molecule has 1 amide bonds. The van der Waals surface area contributed by atoms with Crippen LogP contribution >= 0.6 is 63.0 Å². The van der Waals surface area contributed by atoms with Crippen molar-refractivity contribution in [1.29, 1.82) is 0 Å². The Morgan fingerprint density at radius 3 is 1.24 bits per heavy atom. The number of ether oxygens (including phenoxy) is 5. The number of primary amides is 1. The first-order valence-electron chi connectivity index (χ1n) is 46.7. The largest absolute Gasteiger partial charge is 0.496 e. The summed E-state index contributed by atoms with van der Waals surface area (Å²) in [5.41, 5.74) is 19.1. The highest BCUT2D eigenvalue weighted by atomic mass is 79.9. The fourth-order valence-corrected chi connectivity index (χ4v) is 17.5. The van der Waals surface area contributed by atoms with Gasteiger partial charge >= 0.3 is 11.9 Å². The van der Waals surface area contributed by atoms with E-state index in [0.717, 1.165) is 142 Å². The molecular formula is C108H114BrN23O10S4. The van der Waals surface area contributed by atoms with Gasteiger partial charge in [-0.2, -0.15) is 15.3 Å². The number of benzene rings is 11. The number of nitrogens with two attached hydrogens (primary N) is 1. The van der Waals surface area contributed by atoms with Crippen LogP contribution in [-0.4, -0.2) is 185 Å². The van der Waals surface area contributed by atoms with Crippen LogP contribution < -0.4 is 34.7 Å². The number of carbonyl (C=O) groups is 3. The number of amides is 1. The van der Waals surface area contributed by atoms with Gasteiger partial charge in [-0.1, -0.05) is 279 Å². The number of anilines is 1. The number of halogens is 1. The van der Waals surface area contributed by atoms with Gasteiger partial charge in [0.05, 0.1) is 78.4 Å². The molecule has 0 bridgehead atoms. The SMILES string of the molecule is CC(C)(C)c1ccc(-c2n[nH]c(Cc3ccccc3)n2)cc1.CC(C)Oc1ccccc1-c1nc(SCC(=O)O)n[nH]1.CC(C)Oc1ccccc1-c1nc(SCC(N)=O)n[nH]1.COc1ccccc1-c1n[nH]c(Cc2ccccc2)n1.COc1ccccc1-c1nc(SCc2ccc(C(=O)O)cc2)n[nH]1.COc1ccccc1-c1nc(SCc2cccc(Br)c2)n[nH]1.Cc1nc(-c2ccccc2NC2CCCC2)n[nH]1. The molecule has 752 valence electrons. The number of thioether (sulfide) groups is 4. The number of carboxylic acids is 2. The minimum atomic E-state index is -0.926. The number of para-hydroxylation sites is 6. The van der Waals surface area contributed by atoms with E-state index in [1.165, 1.54) is 71.5 Å². The Hall–Kier alpha value is -15.5. The van der Waals surface area contributed by atoms with Crippen molar-refractivity contribution in [2.45, 2.75) is 150 Å². The van der Waals surface area contributed by atoms with E-state index in [0.29, 0.717) is 62.1 Å². The lowest BCUT2D eigenvalue weighted by atomic mass is 9.87. The number of aromatic amines is 7. The van der Waals surface area contributed by atoms with E-state index in [1.807, 2.05) is 211 Å². The summed E-state index contributed by atoms with van der Waals surface area (Å²) in [5.74, 6) is 10.4. The monoisotopic (exact) mass is 2100 g/mol. The molecule has 11 aromatic carbocycles. The van der Waals surface area contributed by atoms with Crippen LogP contribution in [-0.2, 0) is 39.4 Å². The first-order valence-corrected chi connectivity index (χ1v) is 51.5. The second-order valence-corrected chi connectivity index (χ2v) is 38.9. The summed E-state index contributed by atoms with van der Waals surface area (Å²) in [6, 6.07) is 91.1. The first kappa shape index (κ1) is 108. The van der Waals surface area contributed by atoms with Crippen molar-refractivity contribution in [2.75, 3.05) is 38.2 Å². The topological polar surface area (TPSA) is 467 Å². The van der Waals surface area contributed by atoms with Crippen molar-refractivity contribution >= 4 is 86.5 Å². The fourth-order valence-electron chi connectivity index (χ4n) is 14.5. The molecule has 0 radical (unpaired) electrons. The summed E-state index contributed by atoms with van der Waals surface area (Å²) in [5, 5.41) is 73.2. The standard InChI is InChI=1S/C19H21N3.C17H15N3O3S.C16H14BrN3OS.C16H15N3O.C14H18N4.C13H16N4O2S.C13H15N3O3S/c1-19(2,3)16-11-9-15(10-12-16)18-20-17(21-22-18)13-14-7-5-4-6-8-14;1-23-14-5-3-2-4-13(14)15-18-17(20-19-15)24-10-11-6-8-12(9-7-11)16(21)22;1-21-14-8-3-2-7-13(14)15-18-16(20-19-15)22-10-11-5-4-6-12(17)9-11;1-20-14-10-6-5-9-13(14)16-17-15(18-19-16)11-12-7-3-2-4-8-12;1-10-15-14(18-17-10)12-8-4-5-9-13(12)16-11-6-2-3-7-11;1-8(2)19-10-6-4-3-5-9(10)12-15-13(17-16-12)20-7-11(14)18;1-8(2)19-10-6-4-3-5-9(10)12-14-13(16-15-12)20-7-11(17)18/h4-12H,13H2,1-3H3,(H,20,21,22);2-9H,10H2,1H3,(H,21,22)(H,18,19,20);2-9H,10H2,1H3,(H,18,19,20);2-10H,11H2,1H3,(H,17,18,19);4-5,8-9,11,16H,2-3,6-7H2,1H3,(H,15,17,18);3-6,8H,7H2,1-2H3,(H2,14,18)(H,15,16,17);3-6,8H,7H2,1-2H3,(H,17,18)(H,14,15,16). The van der Waals surface area contributed by atoms with Gasteiger partial charge in [-0.05, 0) is 178 Å². The van der Waals surface area contributed by atoms with Crippen LogP contribution in [0.5, 0.6) is 28.7 Å². The van der Waals surface area contributed by atoms with E-state index in [4.69, 9.17) is 39.6 Å². The van der Waals surface area contributed by atoms with Crippen LogP contribution in [0.25, 0.3) is 79.7 Å². The van der Waals surface area contributed by atoms with Crippen LogP contribution in [0.3, 0.4) is 0 Å². The highest BCUT2D eigenvalue weighted by molar-refractivity contribution is 9.10. The lowest BCUT2D eigenvalue weighted by molar-refractivity contribution is -0.134. The number of carboxylic acid groups (broad SMARTS) is 2. The summed E-state index contributed by atoms with van der Waals surface area (Å²) in [4.78, 5) is 63.3. The summed E-state index contributed by atoms with van der Waals surface area (Å²) in [7, 11) is 4.92. The fraction of sp³-hybridized carbons (Fsp3) is 0.231. The highest BCUT2D eigenvalue weighted by Crippen LogP contribution is 2.37. The van der Waals surface area contributed by atoms with Crippen molar-refractivity contribution in [1.82, 2.24) is 106 Å². The highest BCUT2D eigenvalue weighted by Gasteiger charge is 2.23. The minimum Gasteiger partial charge on any atom is -0.496 e. The molecule has 19 rings (SSSR count). The number of aromatic nitrogens is 21. The molecule has 0 unspecified atom stereocenters. The van der Waals surface area contributed by atoms with Crippen LogP contribution in [0.2, 0.25) is 0 Å². The predicted molar refractivity (Wildman–Crippen MR) is 577 cm³/mol. The lowest BCUT2D eigenvalue weighted by Crippen LogP contribution is -2.15. The maximum Gasteiger partial charge on any atom is 0.335 e. The number of H-pyrrole nitrogens is 7. The number of carbonyl (C=O) groups excluding carboxylic acids is 1. The predicted octanol–water partition coefficient (Wildman–Crippen LogP) is 22.8. The zero-order valence-electron chi connectivity index (χ0n) is 82.4. The minimum absolute atomic E-state index is 0.0555. The number of aromatic carboxylic acids is 1. The van der Waals surface area contributed by atoms with Gasteiger partial charge in [0.1, 0.15) is 46.2 Å². The molecule has 0 saturated heterocycles. The quantitative estimate of drug-likeness (QED) is 0.0170. The van der Waals surface area contributed by atoms with Crippen molar-refractivity contribution in [3.63, 3.8) is 0 Å². The third kappa shape index (κ3) is 33.3. The molecule has 38 heteroatoms. The number of hydrogen-bond donors (Lipinski definition) is 11. The van der Waals surface area contributed by atoms with Crippen molar-refractivity contribution < 1.29 is 48.3 Å². The zero-order valence-corrected chi connectivity index (χ0v) is 87.2.